The third-order valence-electron chi connectivity index (χ3n) is 3.35. The van der Waals surface area contributed by atoms with E-state index < -0.39 is 0 Å². The second kappa shape index (κ2) is 6.62. The van der Waals surface area contributed by atoms with Gasteiger partial charge in [0.2, 0.25) is 0 Å². The van der Waals surface area contributed by atoms with Crippen LogP contribution in [-0.2, 0) is 10.5 Å². The van der Waals surface area contributed by atoms with Gasteiger partial charge in [-0.15, -0.1) is 11.8 Å². The van der Waals surface area contributed by atoms with E-state index >= 15 is 0 Å². The van der Waals surface area contributed by atoms with Crippen molar-refractivity contribution < 1.29 is 9.53 Å². The molecule has 3 aromatic rings. The zero-order valence-electron chi connectivity index (χ0n) is 12.2. The Bertz CT molecular complexity index is 800. The fraction of sp³-hybridized carbons (Fsp3) is 0.111. The number of aromatic nitrogens is 1. The molecule has 1 heterocycles. The van der Waals surface area contributed by atoms with E-state index in [1.165, 1.54) is 12.7 Å². The monoisotopic (exact) mass is 309 g/mol. The molecule has 0 atom stereocenters. The fourth-order valence-corrected chi connectivity index (χ4v) is 3.03. The lowest BCUT2D eigenvalue weighted by Gasteiger charge is -2.05. The molecule has 0 aliphatic rings. The van der Waals surface area contributed by atoms with E-state index in [4.69, 9.17) is 4.74 Å². The lowest BCUT2D eigenvalue weighted by atomic mass is 10.1. The summed E-state index contributed by atoms with van der Waals surface area (Å²) < 4.78 is 4.69. The molecule has 22 heavy (non-hydrogen) atoms. The molecular weight excluding hydrogens is 294 g/mol. The summed E-state index contributed by atoms with van der Waals surface area (Å²) in [5, 5.41) is 1.15. The van der Waals surface area contributed by atoms with Gasteiger partial charge in [0.25, 0.3) is 0 Å². The Balaban J connectivity index is 1.69. The molecule has 110 valence electrons. The summed E-state index contributed by atoms with van der Waals surface area (Å²) in [5.41, 5.74) is 2.84. The molecule has 0 bridgehead atoms. The summed E-state index contributed by atoms with van der Waals surface area (Å²) in [6, 6.07) is 17.8. The fourth-order valence-electron chi connectivity index (χ4n) is 2.19. The number of methoxy groups -OCH3 is 1. The maximum absolute atomic E-state index is 11.4. The van der Waals surface area contributed by atoms with Gasteiger partial charge in [-0.3, -0.25) is 4.98 Å². The van der Waals surface area contributed by atoms with Gasteiger partial charge < -0.3 is 4.74 Å². The molecule has 0 aliphatic carbocycles. The molecule has 0 radical (unpaired) electrons. The molecule has 3 nitrogen and oxygen atoms in total. The van der Waals surface area contributed by atoms with Crippen LogP contribution in [0, 0.1) is 0 Å². The highest BCUT2D eigenvalue weighted by Gasteiger charge is 2.05. The molecule has 0 saturated heterocycles. The van der Waals surface area contributed by atoms with E-state index in [1.807, 2.05) is 24.3 Å². The van der Waals surface area contributed by atoms with Crippen LogP contribution in [0.3, 0.4) is 0 Å². The molecule has 0 fully saturated rings. The summed E-state index contributed by atoms with van der Waals surface area (Å²) in [5.74, 6) is 0.571. The lowest BCUT2D eigenvalue weighted by Crippen LogP contribution is -2.00. The predicted molar refractivity (Wildman–Crippen MR) is 89.1 cm³/mol. The molecule has 0 saturated carbocycles. The normalized spacial score (nSPS) is 10.6. The average Bonchev–Trinajstić information content (AvgIpc) is 2.59. The van der Waals surface area contributed by atoms with Crippen molar-refractivity contribution >= 4 is 28.6 Å². The second-order valence-electron chi connectivity index (χ2n) is 4.84. The number of esters is 1. The average molecular weight is 309 g/mol. The van der Waals surface area contributed by atoms with Gasteiger partial charge in [0.05, 0.1) is 18.2 Å². The summed E-state index contributed by atoms with van der Waals surface area (Å²) >= 11 is 1.74. The Hall–Kier alpha value is -2.33. The van der Waals surface area contributed by atoms with Crippen molar-refractivity contribution in [3.8, 4) is 0 Å². The number of benzene rings is 2. The highest BCUT2D eigenvalue weighted by Crippen LogP contribution is 2.24. The SMILES string of the molecule is COC(=O)c1ccc(SCc2ccc3ncccc3c2)cc1. The van der Waals surface area contributed by atoms with Crippen molar-refractivity contribution in [1.82, 2.24) is 4.98 Å². The van der Waals surface area contributed by atoms with Gasteiger partial charge in [0.15, 0.2) is 0 Å². The third kappa shape index (κ3) is 3.28. The van der Waals surface area contributed by atoms with Crippen LogP contribution in [0.4, 0.5) is 0 Å². The maximum atomic E-state index is 11.4. The summed E-state index contributed by atoms with van der Waals surface area (Å²) in [6.45, 7) is 0. The first-order valence-electron chi connectivity index (χ1n) is 6.91. The maximum Gasteiger partial charge on any atom is 0.337 e. The van der Waals surface area contributed by atoms with Crippen molar-refractivity contribution in [2.75, 3.05) is 7.11 Å². The number of carbonyl (C=O) groups excluding carboxylic acids is 1. The van der Waals surface area contributed by atoms with Gasteiger partial charge in [-0.1, -0.05) is 12.1 Å². The van der Waals surface area contributed by atoms with E-state index in [0.29, 0.717) is 5.56 Å². The quantitative estimate of drug-likeness (QED) is 0.531. The van der Waals surface area contributed by atoms with Gasteiger partial charge in [0, 0.05) is 22.2 Å². The number of thioether (sulfide) groups is 1. The largest absolute Gasteiger partial charge is 0.465 e. The highest BCUT2D eigenvalue weighted by atomic mass is 32.2. The van der Waals surface area contributed by atoms with Crippen LogP contribution in [0.2, 0.25) is 0 Å². The molecule has 0 unspecified atom stereocenters. The minimum absolute atomic E-state index is 0.307. The topological polar surface area (TPSA) is 39.2 Å². The molecule has 3 rings (SSSR count). The molecule has 0 amide bonds. The number of pyridine rings is 1. The van der Waals surface area contributed by atoms with Gasteiger partial charge in [-0.05, 0) is 48.0 Å². The number of ether oxygens (including phenoxy) is 1. The van der Waals surface area contributed by atoms with E-state index in [-0.39, 0.29) is 5.97 Å². The van der Waals surface area contributed by atoms with Crippen LogP contribution in [0.5, 0.6) is 0 Å². The van der Waals surface area contributed by atoms with Crippen LogP contribution >= 0.6 is 11.8 Å². The Kier molecular flexibility index (Phi) is 4.39. The van der Waals surface area contributed by atoms with Crippen molar-refractivity contribution in [2.24, 2.45) is 0 Å². The summed E-state index contributed by atoms with van der Waals surface area (Å²) in [4.78, 5) is 16.8. The Morgan fingerprint density at radius 1 is 1.14 bits per heavy atom. The number of fused-ring (bicyclic) bond motifs is 1. The number of hydrogen-bond donors (Lipinski definition) is 0. The van der Waals surface area contributed by atoms with Crippen LogP contribution in [0.25, 0.3) is 10.9 Å². The van der Waals surface area contributed by atoms with E-state index in [1.54, 1.807) is 30.1 Å². The van der Waals surface area contributed by atoms with Gasteiger partial charge >= 0.3 is 5.97 Å². The molecule has 0 spiro atoms. The molecule has 0 aliphatic heterocycles. The van der Waals surface area contributed by atoms with E-state index in [9.17, 15) is 4.79 Å². The molecule has 1 aromatic heterocycles. The second-order valence-corrected chi connectivity index (χ2v) is 5.88. The number of nitrogens with zero attached hydrogens (tertiary/aromatic N) is 1. The third-order valence-corrected chi connectivity index (χ3v) is 4.43. The van der Waals surface area contributed by atoms with Crippen LogP contribution < -0.4 is 0 Å². The molecule has 4 heteroatoms. The van der Waals surface area contributed by atoms with Crippen molar-refractivity contribution in [2.45, 2.75) is 10.6 Å². The Labute approximate surface area is 133 Å². The smallest absolute Gasteiger partial charge is 0.337 e. The highest BCUT2D eigenvalue weighted by molar-refractivity contribution is 7.98. The first kappa shape index (κ1) is 14.6. The number of rotatable bonds is 4. The Morgan fingerprint density at radius 2 is 1.95 bits per heavy atom. The summed E-state index contributed by atoms with van der Waals surface area (Å²) in [7, 11) is 1.39. The number of hydrogen-bond acceptors (Lipinski definition) is 4. The molecule has 0 N–H and O–H groups in total. The Morgan fingerprint density at radius 3 is 2.73 bits per heavy atom. The van der Waals surface area contributed by atoms with Crippen LogP contribution in [-0.4, -0.2) is 18.1 Å². The van der Waals surface area contributed by atoms with E-state index in [2.05, 4.69) is 23.2 Å². The van der Waals surface area contributed by atoms with Gasteiger partial charge in [-0.25, -0.2) is 4.79 Å². The minimum atomic E-state index is -0.307. The van der Waals surface area contributed by atoms with Crippen molar-refractivity contribution in [1.29, 1.82) is 0 Å². The molecular formula is C18H15NO2S. The zero-order chi connectivity index (χ0) is 15.4. The number of carbonyl (C=O) groups is 1. The van der Waals surface area contributed by atoms with Crippen LogP contribution in [0.15, 0.2) is 65.7 Å². The van der Waals surface area contributed by atoms with E-state index in [0.717, 1.165) is 21.6 Å². The van der Waals surface area contributed by atoms with Crippen molar-refractivity contribution in [3.63, 3.8) is 0 Å². The first-order chi connectivity index (χ1) is 10.8. The minimum Gasteiger partial charge on any atom is -0.465 e. The lowest BCUT2D eigenvalue weighted by molar-refractivity contribution is 0.0600. The first-order valence-corrected chi connectivity index (χ1v) is 7.89. The predicted octanol–water partition coefficient (Wildman–Crippen LogP) is 4.31. The zero-order valence-corrected chi connectivity index (χ0v) is 13.0. The standard InChI is InChI=1S/C18H15NO2S/c1-21-18(20)14-5-7-16(8-6-14)22-12-13-4-9-17-15(11-13)3-2-10-19-17/h2-11H,12H2,1H3. The van der Waals surface area contributed by atoms with Crippen LogP contribution in [0.1, 0.15) is 15.9 Å². The van der Waals surface area contributed by atoms with Gasteiger partial charge in [0.1, 0.15) is 0 Å². The van der Waals surface area contributed by atoms with Crippen molar-refractivity contribution in [3.05, 3.63) is 71.9 Å². The molecule has 2 aromatic carbocycles. The summed E-state index contributed by atoms with van der Waals surface area (Å²) in [6.07, 6.45) is 1.81. The van der Waals surface area contributed by atoms with Gasteiger partial charge in [-0.2, -0.15) is 0 Å².